The lowest BCUT2D eigenvalue weighted by Crippen LogP contribution is -2.17. The van der Waals surface area contributed by atoms with Gasteiger partial charge in [-0.25, -0.2) is 9.82 Å². The maximum Gasteiger partial charge on any atom is 0.271 e. The van der Waals surface area contributed by atoms with E-state index in [-0.39, 0.29) is 18.3 Å². The lowest BCUT2D eigenvalue weighted by atomic mass is 10.2. The molecule has 6 nitrogen and oxygen atoms in total. The molecule has 0 radical (unpaired) electrons. The first kappa shape index (κ1) is 26.7. The van der Waals surface area contributed by atoms with Crippen molar-refractivity contribution in [1.82, 2.24) is 5.43 Å². The number of hydrogen-bond acceptors (Lipinski definition) is 5. The third-order valence-corrected chi connectivity index (χ3v) is 5.82. The summed E-state index contributed by atoms with van der Waals surface area (Å²) in [6, 6.07) is 14.9. The van der Waals surface area contributed by atoms with Crippen LogP contribution >= 0.6 is 31.9 Å². The van der Waals surface area contributed by atoms with E-state index in [4.69, 9.17) is 14.2 Å². The molecule has 0 unspecified atom stereocenters. The zero-order valence-electron chi connectivity index (χ0n) is 19.3. The highest BCUT2D eigenvalue weighted by atomic mass is 79.9. The average Bonchev–Trinajstić information content (AvgIpc) is 2.83. The lowest BCUT2D eigenvalue weighted by Gasteiger charge is -2.12. The number of hydrazone groups is 1. The van der Waals surface area contributed by atoms with E-state index in [2.05, 4.69) is 42.4 Å². The number of nitrogens with zero attached hydrogens (tertiary/aromatic N) is 1. The fraction of sp³-hybridized carbons (Fsp3) is 0.231. The van der Waals surface area contributed by atoms with Crippen molar-refractivity contribution in [3.63, 3.8) is 0 Å². The first-order valence-corrected chi connectivity index (χ1v) is 12.6. The number of rotatable bonds is 11. The Morgan fingerprint density at radius 3 is 2.46 bits per heavy atom. The van der Waals surface area contributed by atoms with E-state index in [1.165, 1.54) is 18.3 Å². The van der Waals surface area contributed by atoms with Crippen molar-refractivity contribution in [2.24, 2.45) is 5.10 Å². The summed E-state index contributed by atoms with van der Waals surface area (Å²) < 4.78 is 31.8. The van der Waals surface area contributed by atoms with Crippen molar-refractivity contribution in [1.29, 1.82) is 0 Å². The van der Waals surface area contributed by atoms with Crippen molar-refractivity contribution in [3.05, 3.63) is 86.1 Å². The highest BCUT2D eigenvalue weighted by molar-refractivity contribution is 9.11. The van der Waals surface area contributed by atoms with E-state index in [1.807, 2.05) is 13.8 Å². The Hall–Kier alpha value is -2.91. The van der Waals surface area contributed by atoms with Crippen LogP contribution in [0.2, 0.25) is 0 Å². The van der Waals surface area contributed by atoms with Crippen molar-refractivity contribution in [2.75, 3.05) is 13.2 Å². The number of carbonyl (C=O) groups is 1. The van der Waals surface area contributed by atoms with E-state index >= 15 is 0 Å². The number of halogens is 3. The third-order valence-electron chi connectivity index (χ3n) is 4.64. The van der Waals surface area contributed by atoms with E-state index in [0.717, 1.165) is 17.5 Å². The standard InChI is InChI=1S/C26H25Br2FN2O4/c1-3-10-34-23-9-8-19(14-24(23)33-4-2)26(32)31-30-15-18-12-21(27)25(22(28)13-18)35-16-17-6-5-7-20(29)11-17/h5-9,11-15H,3-4,10,16H2,1-2H3,(H,31,32)/b30-15+. The SMILES string of the molecule is CCCOc1ccc(C(=O)N/N=C/c2cc(Br)c(OCc3cccc(F)c3)c(Br)c2)cc1OCC. The monoisotopic (exact) mass is 606 g/mol. The maximum atomic E-state index is 13.4. The summed E-state index contributed by atoms with van der Waals surface area (Å²) in [6.07, 6.45) is 2.39. The molecule has 0 saturated heterocycles. The molecule has 3 rings (SSSR count). The van der Waals surface area contributed by atoms with Crippen LogP contribution in [-0.2, 0) is 6.61 Å². The van der Waals surface area contributed by atoms with E-state index < -0.39 is 0 Å². The van der Waals surface area contributed by atoms with Gasteiger partial charge in [0.15, 0.2) is 11.5 Å². The van der Waals surface area contributed by atoms with Gasteiger partial charge in [0.2, 0.25) is 0 Å². The van der Waals surface area contributed by atoms with Gasteiger partial charge in [-0.3, -0.25) is 4.79 Å². The molecule has 0 fully saturated rings. The Morgan fingerprint density at radius 1 is 1.00 bits per heavy atom. The maximum absolute atomic E-state index is 13.4. The van der Waals surface area contributed by atoms with Gasteiger partial charge in [0.05, 0.1) is 28.4 Å². The van der Waals surface area contributed by atoms with Crippen LogP contribution in [0.5, 0.6) is 17.2 Å². The van der Waals surface area contributed by atoms with Gasteiger partial charge < -0.3 is 14.2 Å². The molecule has 35 heavy (non-hydrogen) atoms. The molecule has 3 aromatic rings. The molecule has 0 aliphatic rings. The third kappa shape index (κ3) is 7.80. The van der Waals surface area contributed by atoms with Gasteiger partial charge in [0.25, 0.3) is 5.91 Å². The number of nitrogens with one attached hydrogen (secondary N) is 1. The second-order valence-corrected chi connectivity index (χ2v) is 9.08. The topological polar surface area (TPSA) is 69.2 Å². The lowest BCUT2D eigenvalue weighted by molar-refractivity contribution is 0.0954. The Kier molecular flexibility index (Phi) is 10.1. The highest BCUT2D eigenvalue weighted by Gasteiger charge is 2.12. The number of carbonyl (C=O) groups excluding carboxylic acids is 1. The van der Waals surface area contributed by atoms with Gasteiger partial charge >= 0.3 is 0 Å². The molecule has 0 atom stereocenters. The average molecular weight is 608 g/mol. The Bertz CT molecular complexity index is 1180. The molecule has 1 amide bonds. The summed E-state index contributed by atoms with van der Waals surface area (Å²) in [6.45, 7) is 5.12. The highest BCUT2D eigenvalue weighted by Crippen LogP contribution is 2.35. The zero-order valence-corrected chi connectivity index (χ0v) is 22.5. The molecule has 184 valence electrons. The van der Waals surface area contributed by atoms with Crippen LogP contribution in [-0.4, -0.2) is 25.3 Å². The molecule has 0 aliphatic heterocycles. The van der Waals surface area contributed by atoms with Crippen molar-refractivity contribution >= 4 is 44.0 Å². The molecule has 3 aromatic carbocycles. The predicted octanol–water partition coefficient (Wildman–Crippen LogP) is 6.88. The molecular formula is C26H25Br2FN2O4. The van der Waals surface area contributed by atoms with Crippen LogP contribution in [0, 0.1) is 5.82 Å². The van der Waals surface area contributed by atoms with E-state index in [0.29, 0.717) is 45.0 Å². The number of benzene rings is 3. The summed E-state index contributed by atoms with van der Waals surface area (Å²) in [5.74, 6) is 0.997. The van der Waals surface area contributed by atoms with Gasteiger partial charge in [0, 0.05) is 5.56 Å². The fourth-order valence-corrected chi connectivity index (χ4v) is 4.50. The number of ether oxygens (including phenoxy) is 3. The minimum absolute atomic E-state index is 0.213. The van der Waals surface area contributed by atoms with Gasteiger partial charge in [-0.2, -0.15) is 5.10 Å². The van der Waals surface area contributed by atoms with Gasteiger partial charge in [0.1, 0.15) is 18.2 Å². The Labute approximate surface area is 220 Å². The van der Waals surface area contributed by atoms with Crippen LogP contribution in [0.1, 0.15) is 41.8 Å². The van der Waals surface area contributed by atoms with Crippen molar-refractivity contribution in [3.8, 4) is 17.2 Å². The Morgan fingerprint density at radius 2 is 1.77 bits per heavy atom. The first-order valence-electron chi connectivity index (χ1n) is 11.0. The molecule has 1 N–H and O–H groups in total. The molecule has 0 saturated carbocycles. The van der Waals surface area contributed by atoms with Crippen LogP contribution in [0.25, 0.3) is 0 Å². The first-order chi connectivity index (χ1) is 16.9. The predicted molar refractivity (Wildman–Crippen MR) is 141 cm³/mol. The zero-order chi connectivity index (χ0) is 25.2. The molecule has 0 spiro atoms. The molecule has 0 aromatic heterocycles. The van der Waals surface area contributed by atoms with Gasteiger partial charge in [-0.1, -0.05) is 19.1 Å². The number of amides is 1. The van der Waals surface area contributed by atoms with Crippen LogP contribution in [0.15, 0.2) is 68.6 Å². The van der Waals surface area contributed by atoms with Gasteiger partial charge in [-0.05, 0) is 98.8 Å². The minimum Gasteiger partial charge on any atom is -0.490 e. The van der Waals surface area contributed by atoms with Crippen molar-refractivity contribution < 1.29 is 23.4 Å². The fourth-order valence-electron chi connectivity index (χ4n) is 3.05. The van der Waals surface area contributed by atoms with Crippen molar-refractivity contribution in [2.45, 2.75) is 26.9 Å². The second-order valence-electron chi connectivity index (χ2n) is 7.37. The summed E-state index contributed by atoms with van der Waals surface area (Å²) in [7, 11) is 0. The van der Waals surface area contributed by atoms with E-state index in [9.17, 15) is 9.18 Å². The Balaban J connectivity index is 1.64. The summed E-state index contributed by atoms with van der Waals surface area (Å²) in [5, 5.41) is 4.06. The smallest absolute Gasteiger partial charge is 0.271 e. The minimum atomic E-state index is -0.377. The molecular weight excluding hydrogens is 583 g/mol. The summed E-state index contributed by atoms with van der Waals surface area (Å²) in [5.41, 5.74) is 4.36. The van der Waals surface area contributed by atoms with Crippen LogP contribution < -0.4 is 19.6 Å². The van der Waals surface area contributed by atoms with Crippen LogP contribution in [0.4, 0.5) is 4.39 Å². The number of hydrogen-bond donors (Lipinski definition) is 1. The normalized spacial score (nSPS) is 10.9. The summed E-state index contributed by atoms with van der Waals surface area (Å²) >= 11 is 6.97. The summed E-state index contributed by atoms with van der Waals surface area (Å²) in [4.78, 5) is 12.6. The molecule has 0 bridgehead atoms. The molecule has 0 heterocycles. The largest absolute Gasteiger partial charge is 0.490 e. The van der Waals surface area contributed by atoms with E-state index in [1.54, 1.807) is 42.5 Å². The molecule has 9 heteroatoms. The quantitative estimate of drug-likeness (QED) is 0.191. The van der Waals surface area contributed by atoms with Crippen LogP contribution in [0.3, 0.4) is 0 Å². The second kappa shape index (κ2) is 13.3. The molecule has 0 aliphatic carbocycles. The van der Waals surface area contributed by atoms with Gasteiger partial charge in [-0.15, -0.1) is 0 Å².